The van der Waals surface area contributed by atoms with Crippen molar-refractivity contribution in [3.8, 4) is 5.75 Å². The predicted octanol–water partition coefficient (Wildman–Crippen LogP) is 1.32. The van der Waals surface area contributed by atoms with Crippen molar-refractivity contribution in [3.63, 3.8) is 0 Å². The second kappa shape index (κ2) is 6.27. The van der Waals surface area contributed by atoms with Crippen molar-refractivity contribution in [2.45, 2.75) is 6.42 Å². The summed E-state index contributed by atoms with van der Waals surface area (Å²) in [6.07, 6.45) is 0.684. The van der Waals surface area contributed by atoms with Crippen molar-refractivity contribution in [2.75, 3.05) is 13.7 Å². The smallest absolute Gasteiger partial charge is 0.335 e. The summed E-state index contributed by atoms with van der Waals surface area (Å²) in [5.74, 6) is -0.377. The van der Waals surface area contributed by atoms with Crippen LogP contribution >= 0.6 is 12.4 Å². The van der Waals surface area contributed by atoms with Crippen LogP contribution in [0.4, 0.5) is 0 Å². The maximum Gasteiger partial charge on any atom is 0.335 e. The lowest BCUT2D eigenvalue weighted by Crippen LogP contribution is -2.05. The number of carbonyl (C=O) groups is 1. The number of halogens is 1. The number of carboxylic acid groups (broad SMARTS) is 1. The van der Waals surface area contributed by atoms with Crippen molar-refractivity contribution in [3.05, 3.63) is 29.3 Å². The highest BCUT2D eigenvalue weighted by Crippen LogP contribution is 2.20. The van der Waals surface area contributed by atoms with E-state index in [2.05, 4.69) is 0 Å². The van der Waals surface area contributed by atoms with E-state index in [0.29, 0.717) is 18.7 Å². The summed E-state index contributed by atoms with van der Waals surface area (Å²) in [6, 6.07) is 4.79. The summed E-state index contributed by atoms with van der Waals surface area (Å²) >= 11 is 0. The topological polar surface area (TPSA) is 72.5 Å². The second-order valence-corrected chi connectivity index (χ2v) is 2.87. The lowest BCUT2D eigenvalue weighted by atomic mass is 10.1. The summed E-state index contributed by atoms with van der Waals surface area (Å²) < 4.78 is 5.07. The van der Waals surface area contributed by atoms with Crippen LogP contribution < -0.4 is 10.5 Å². The van der Waals surface area contributed by atoms with Crippen molar-refractivity contribution in [2.24, 2.45) is 5.73 Å². The van der Waals surface area contributed by atoms with Gasteiger partial charge >= 0.3 is 5.97 Å². The van der Waals surface area contributed by atoms with E-state index in [1.54, 1.807) is 12.1 Å². The van der Waals surface area contributed by atoms with Crippen molar-refractivity contribution >= 4 is 18.4 Å². The number of ether oxygens (including phenoxy) is 1. The highest BCUT2D eigenvalue weighted by atomic mass is 35.5. The van der Waals surface area contributed by atoms with Gasteiger partial charge in [0.25, 0.3) is 0 Å². The first-order chi connectivity index (χ1) is 6.69. The minimum Gasteiger partial charge on any atom is -0.496 e. The van der Waals surface area contributed by atoms with Gasteiger partial charge in [0, 0.05) is 0 Å². The third kappa shape index (κ3) is 3.42. The minimum absolute atomic E-state index is 0. The lowest BCUT2D eigenvalue weighted by Gasteiger charge is -2.07. The molecule has 1 aromatic carbocycles. The van der Waals surface area contributed by atoms with Crippen LogP contribution in [-0.4, -0.2) is 24.7 Å². The zero-order chi connectivity index (χ0) is 10.6. The Labute approximate surface area is 94.5 Å². The van der Waals surface area contributed by atoms with Gasteiger partial charge in [-0.15, -0.1) is 12.4 Å². The number of hydrogen-bond donors (Lipinski definition) is 2. The molecule has 15 heavy (non-hydrogen) atoms. The summed E-state index contributed by atoms with van der Waals surface area (Å²) in [6.45, 7) is 0.517. The van der Waals surface area contributed by atoms with Gasteiger partial charge in [-0.1, -0.05) is 6.07 Å². The molecule has 1 aromatic rings. The van der Waals surface area contributed by atoms with E-state index >= 15 is 0 Å². The van der Waals surface area contributed by atoms with Gasteiger partial charge in [0.15, 0.2) is 0 Å². The Balaban J connectivity index is 0.00000196. The first kappa shape index (κ1) is 13.7. The molecule has 0 spiro atoms. The van der Waals surface area contributed by atoms with Crippen LogP contribution in [0, 0.1) is 0 Å². The Hall–Kier alpha value is -1.26. The third-order valence-corrected chi connectivity index (χ3v) is 1.95. The highest BCUT2D eigenvalue weighted by Gasteiger charge is 2.07. The largest absolute Gasteiger partial charge is 0.496 e. The van der Waals surface area contributed by atoms with E-state index in [1.807, 2.05) is 0 Å². The molecule has 0 unspecified atom stereocenters. The fourth-order valence-corrected chi connectivity index (χ4v) is 1.24. The molecule has 1 rings (SSSR count). The molecule has 0 fully saturated rings. The van der Waals surface area contributed by atoms with Crippen molar-refractivity contribution < 1.29 is 14.6 Å². The SMILES string of the molecule is COc1cc(C(=O)O)ccc1CCN.Cl. The van der Waals surface area contributed by atoms with E-state index < -0.39 is 5.97 Å². The van der Waals surface area contributed by atoms with E-state index in [4.69, 9.17) is 15.6 Å². The lowest BCUT2D eigenvalue weighted by molar-refractivity contribution is 0.0696. The average molecular weight is 232 g/mol. The number of benzene rings is 1. The number of carboxylic acids is 1. The molecule has 0 saturated carbocycles. The van der Waals surface area contributed by atoms with Gasteiger partial charge in [-0.05, 0) is 30.7 Å². The normalized spacial score (nSPS) is 9.20. The molecule has 5 heteroatoms. The number of nitrogens with two attached hydrogens (primary N) is 1. The Morgan fingerprint density at radius 2 is 2.20 bits per heavy atom. The van der Waals surface area contributed by atoms with Crippen LogP contribution in [0.1, 0.15) is 15.9 Å². The van der Waals surface area contributed by atoms with Gasteiger partial charge in [0.2, 0.25) is 0 Å². The predicted molar refractivity (Wildman–Crippen MR) is 60.0 cm³/mol. The molecule has 3 N–H and O–H groups in total. The molecule has 0 aliphatic heterocycles. The van der Waals surface area contributed by atoms with Crippen LogP contribution in [-0.2, 0) is 6.42 Å². The molecule has 0 bridgehead atoms. The Morgan fingerprint density at radius 1 is 1.53 bits per heavy atom. The second-order valence-electron chi connectivity index (χ2n) is 2.87. The summed E-state index contributed by atoms with van der Waals surface area (Å²) in [4.78, 5) is 10.7. The maximum atomic E-state index is 10.7. The molecule has 0 aromatic heterocycles. The maximum absolute atomic E-state index is 10.7. The minimum atomic E-state index is -0.956. The standard InChI is InChI=1S/C10H13NO3.ClH/c1-14-9-6-8(10(12)13)3-2-7(9)4-5-11;/h2-3,6H,4-5,11H2,1H3,(H,12,13);1H. The molecular formula is C10H14ClNO3. The van der Waals surface area contributed by atoms with E-state index in [0.717, 1.165) is 5.56 Å². The monoisotopic (exact) mass is 231 g/mol. The average Bonchev–Trinajstić information content (AvgIpc) is 2.18. The van der Waals surface area contributed by atoms with E-state index in [9.17, 15) is 4.79 Å². The molecule has 4 nitrogen and oxygen atoms in total. The number of rotatable bonds is 4. The summed E-state index contributed by atoms with van der Waals surface area (Å²) in [7, 11) is 1.51. The fourth-order valence-electron chi connectivity index (χ4n) is 1.24. The molecule has 0 atom stereocenters. The van der Waals surface area contributed by atoms with E-state index in [-0.39, 0.29) is 18.0 Å². The Bertz CT molecular complexity index is 341. The first-order valence-electron chi connectivity index (χ1n) is 4.29. The van der Waals surface area contributed by atoms with Crippen molar-refractivity contribution in [1.29, 1.82) is 0 Å². The van der Waals surface area contributed by atoms with Gasteiger partial charge in [0.1, 0.15) is 5.75 Å². The highest BCUT2D eigenvalue weighted by molar-refractivity contribution is 5.88. The summed E-state index contributed by atoms with van der Waals surface area (Å²) in [5.41, 5.74) is 6.57. The molecule has 0 radical (unpaired) electrons. The zero-order valence-corrected chi connectivity index (χ0v) is 9.21. The summed E-state index contributed by atoms with van der Waals surface area (Å²) in [5, 5.41) is 8.75. The molecule has 84 valence electrons. The van der Waals surface area contributed by atoms with Crippen LogP contribution in [0.25, 0.3) is 0 Å². The van der Waals surface area contributed by atoms with Gasteiger partial charge in [-0.3, -0.25) is 0 Å². The Morgan fingerprint density at radius 3 is 2.67 bits per heavy atom. The van der Waals surface area contributed by atoms with Crippen LogP contribution in [0.3, 0.4) is 0 Å². The third-order valence-electron chi connectivity index (χ3n) is 1.95. The molecule has 0 saturated heterocycles. The molecule has 0 amide bonds. The number of aromatic carboxylic acids is 1. The van der Waals surface area contributed by atoms with Crippen LogP contribution in [0.2, 0.25) is 0 Å². The van der Waals surface area contributed by atoms with Gasteiger partial charge < -0.3 is 15.6 Å². The quantitative estimate of drug-likeness (QED) is 0.820. The van der Waals surface area contributed by atoms with Crippen LogP contribution in [0.15, 0.2) is 18.2 Å². The number of hydrogen-bond acceptors (Lipinski definition) is 3. The molecular weight excluding hydrogens is 218 g/mol. The van der Waals surface area contributed by atoms with Crippen LogP contribution in [0.5, 0.6) is 5.75 Å². The molecule has 0 aliphatic carbocycles. The number of methoxy groups -OCH3 is 1. The van der Waals surface area contributed by atoms with Gasteiger partial charge in [-0.25, -0.2) is 4.79 Å². The van der Waals surface area contributed by atoms with Gasteiger partial charge in [-0.2, -0.15) is 0 Å². The van der Waals surface area contributed by atoms with E-state index in [1.165, 1.54) is 13.2 Å². The zero-order valence-electron chi connectivity index (χ0n) is 8.40. The molecule has 0 aliphatic rings. The fraction of sp³-hybridized carbons (Fsp3) is 0.300. The molecule has 0 heterocycles. The van der Waals surface area contributed by atoms with Gasteiger partial charge in [0.05, 0.1) is 12.7 Å². The Kier molecular flexibility index (Phi) is 5.74. The van der Waals surface area contributed by atoms with Crippen molar-refractivity contribution in [1.82, 2.24) is 0 Å². The first-order valence-corrected chi connectivity index (χ1v) is 4.29.